The number of furan rings is 1. The van der Waals surface area contributed by atoms with Crippen LogP contribution in [0.25, 0.3) is 0 Å². The van der Waals surface area contributed by atoms with E-state index in [-0.39, 0.29) is 5.91 Å². The van der Waals surface area contributed by atoms with Crippen LogP contribution in [0.15, 0.2) is 39.6 Å². The largest absolute Gasteiger partial charge is 0.459 e. The molecule has 0 saturated carbocycles. The Morgan fingerprint density at radius 1 is 1.36 bits per heavy atom. The lowest BCUT2D eigenvalue weighted by molar-refractivity contribution is 0.0743. The summed E-state index contributed by atoms with van der Waals surface area (Å²) in [5, 5.41) is 4.36. The van der Waals surface area contributed by atoms with Gasteiger partial charge in [0.2, 0.25) is 0 Å². The topological polar surface area (TPSA) is 36.7 Å². The minimum Gasteiger partial charge on any atom is -0.459 e. The molecule has 0 N–H and O–H groups in total. The van der Waals surface area contributed by atoms with Crippen molar-refractivity contribution in [1.82, 2.24) is 9.80 Å². The summed E-state index contributed by atoms with van der Waals surface area (Å²) < 4.78 is 5.27. The molecule has 2 atom stereocenters. The van der Waals surface area contributed by atoms with Crippen molar-refractivity contribution in [2.75, 3.05) is 19.6 Å². The molecule has 0 radical (unpaired) electrons. The third-order valence-corrected chi connectivity index (χ3v) is 5.61. The predicted octanol–water partition coefficient (Wildman–Crippen LogP) is 3.08. The average Bonchev–Trinajstić information content (AvgIpc) is 3.28. The highest BCUT2D eigenvalue weighted by molar-refractivity contribution is 7.07. The molecule has 116 valence electrons. The number of thiophene rings is 1. The van der Waals surface area contributed by atoms with E-state index in [0.717, 1.165) is 26.2 Å². The number of rotatable bonds is 3. The third-order valence-electron chi connectivity index (χ3n) is 4.88. The highest BCUT2D eigenvalue weighted by atomic mass is 32.1. The van der Waals surface area contributed by atoms with Gasteiger partial charge in [-0.25, -0.2) is 0 Å². The van der Waals surface area contributed by atoms with E-state index in [4.69, 9.17) is 4.42 Å². The second kappa shape index (κ2) is 5.89. The Morgan fingerprint density at radius 3 is 3.09 bits per heavy atom. The van der Waals surface area contributed by atoms with Gasteiger partial charge in [0, 0.05) is 25.7 Å². The van der Waals surface area contributed by atoms with Crippen molar-refractivity contribution in [2.45, 2.75) is 25.4 Å². The molecule has 2 aliphatic heterocycles. The summed E-state index contributed by atoms with van der Waals surface area (Å²) in [7, 11) is 0. The summed E-state index contributed by atoms with van der Waals surface area (Å²) in [6.45, 7) is 3.84. The number of fused-ring (bicyclic) bond motifs is 1. The molecule has 22 heavy (non-hydrogen) atoms. The molecule has 4 heterocycles. The predicted molar refractivity (Wildman–Crippen MR) is 85.9 cm³/mol. The fraction of sp³-hybridized carbons (Fsp3) is 0.471. The van der Waals surface area contributed by atoms with E-state index in [1.807, 2.05) is 4.90 Å². The molecule has 0 spiro atoms. The standard InChI is InChI=1S/C17H20N2O2S/c20-17(16-4-2-7-21-16)19-10-14-3-1-6-18(15(14)11-19)9-13-5-8-22-12-13/h2,4-5,7-8,12,14-15H,1,3,6,9-11H2/t14-,15+/m1/s1. The molecule has 0 aromatic carbocycles. The number of carbonyl (C=O) groups is 1. The zero-order valence-corrected chi connectivity index (χ0v) is 13.3. The zero-order chi connectivity index (χ0) is 14.9. The SMILES string of the molecule is O=C(c1ccco1)N1C[C@H]2CCCN(Cc3ccsc3)[C@H]2C1. The Bertz CT molecular complexity index is 623. The zero-order valence-electron chi connectivity index (χ0n) is 12.5. The molecule has 1 amide bonds. The van der Waals surface area contributed by atoms with Gasteiger partial charge < -0.3 is 9.32 Å². The molecule has 2 aromatic heterocycles. The molecule has 0 unspecified atom stereocenters. The summed E-state index contributed by atoms with van der Waals surface area (Å²) in [5.74, 6) is 1.10. The summed E-state index contributed by atoms with van der Waals surface area (Å²) in [5.41, 5.74) is 1.39. The molecule has 4 nitrogen and oxygen atoms in total. The van der Waals surface area contributed by atoms with Crippen molar-refractivity contribution >= 4 is 17.2 Å². The van der Waals surface area contributed by atoms with Crippen LogP contribution in [0, 0.1) is 5.92 Å². The first-order valence-corrected chi connectivity index (χ1v) is 8.83. The number of hydrogen-bond acceptors (Lipinski definition) is 4. The van der Waals surface area contributed by atoms with Crippen LogP contribution in [0.1, 0.15) is 29.0 Å². The van der Waals surface area contributed by atoms with Crippen LogP contribution in [0.5, 0.6) is 0 Å². The Labute approximate surface area is 134 Å². The maximum absolute atomic E-state index is 12.5. The van der Waals surface area contributed by atoms with Crippen LogP contribution in [0.4, 0.5) is 0 Å². The van der Waals surface area contributed by atoms with E-state index < -0.39 is 0 Å². The van der Waals surface area contributed by atoms with Gasteiger partial charge in [-0.15, -0.1) is 0 Å². The van der Waals surface area contributed by atoms with E-state index in [1.54, 1.807) is 29.7 Å². The summed E-state index contributed by atoms with van der Waals surface area (Å²) in [6.07, 6.45) is 4.03. The molecule has 2 aliphatic rings. The molecule has 4 rings (SSSR count). The lowest BCUT2D eigenvalue weighted by Crippen LogP contribution is -2.44. The van der Waals surface area contributed by atoms with E-state index in [1.165, 1.54) is 18.4 Å². The van der Waals surface area contributed by atoms with Crippen LogP contribution >= 0.6 is 11.3 Å². The molecule has 0 bridgehead atoms. The molecular formula is C17H20N2O2S. The minimum absolute atomic E-state index is 0.0369. The van der Waals surface area contributed by atoms with Gasteiger partial charge in [-0.2, -0.15) is 11.3 Å². The Morgan fingerprint density at radius 2 is 2.32 bits per heavy atom. The second-order valence-corrected chi connectivity index (χ2v) is 7.04. The number of carbonyl (C=O) groups excluding carboxylic acids is 1. The Hall–Kier alpha value is -1.59. The first kappa shape index (κ1) is 14.0. The fourth-order valence-electron chi connectivity index (χ4n) is 3.81. The first-order chi connectivity index (χ1) is 10.8. The number of hydrogen-bond donors (Lipinski definition) is 0. The normalized spacial score (nSPS) is 25.4. The Balaban J connectivity index is 1.47. The van der Waals surface area contributed by atoms with Crippen LogP contribution in [-0.2, 0) is 6.54 Å². The van der Waals surface area contributed by atoms with Crippen LogP contribution in [0.3, 0.4) is 0 Å². The fourth-order valence-corrected chi connectivity index (χ4v) is 4.47. The maximum Gasteiger partial charge on any atom is 0.289 e. The van der Waals surface area contributed by atoms with Crippen LogP contribution in [-0.4, -0.2) is 41.4 Å². The van der Waals surface area contributed by atoms with E-state index >= 15 is 0 Å². The monoisotopic (exact) mass is 316 g/mol. The molecule has 2 aromatic rings. The molecule has 5 heteroatoms. The van der Waals surface area contributed by atoms with Gasteiger partial charge in [0.15, 0.2) is 5.76 Å². The second-order valence-electron chi connectivity index (χ2n) is 6.26. The molecular weight excluding hydrogens is 296 g/mol. The number of nitrogens with zero attached hydrogens (tertiary/aromatic N) is 2. The van der Waals surface area contributed by atoms with Crippen molar-refractivity contribution < 1.29 is 9.21 Å². The summed E-state index contributed by atoms with van der Waals surface area (Å²) >= 11 is 1.75. The van der Waals surface area contributed by atoms with Crippen molar-refractivity contribution in [1.29, 1.82) is 0 Å². The lowest BCUT2D eigenvalue weighted by Gasteiger charge is -2.36. The van der Waals surface area contributed by atoms with Crippen molar-refractivity contribution in [3.63, 3.8) is 0 Å². The van der Waals surface area contributed by atoms with Crippen LogP contribution in [0.2, 0.25) is 0 Å². The van der Waals surface area contributed by atoms with E-state index in [2.05, 4.69) is 21.7 Å². The van der Waals surface area contributed by atoms with Gasteiger partial charge in [-0.05, 0) is 59.8 Å². The number of amides is 1. The molecule has 2 fully saturated rings. The smallest absolute Gasteiger partial charge is 0.289 e. The molecule has 2 saturated heterocycles. The van der Waals surface area contributed by atoms with Gasteiger partial charge in [0.1, 0.15) is 0 Å². The Kier molecular flexibility index (Phi) is 3.76. The highest BCUT2D eigenvalue weighted by Crippen LogP contribution is 2.32. The van der Waals surface area contributed by atoms with E-state index in [0.29, 0.717) is 17.7 Å². The highest BCUT2D eigenvalue weighted by Gasteiger charge is 2.41. The summed E-state index contributed by atoms with van der Waals surface area (Å²) in [4.78, 5) is 17.0. The van der Waals surface area contributed by atoms with E-state index in [9.17, 15) is 4.79 Å². The first-order valence-electron chi connectivity index (χ1n) is 7.89. The maximum atomic E-state index is 12.5. The number of piperidine rings is 1. The van der Waals surface area contributed by atoms with Crippen molar-refractivity contribution in [3.05, 3.63) is 46.5 Å². The van der Waals surface area contributed by atoms with Crippen LogP contribution < -0.4 is 0 Å². The molecule has 0 aliphatic carbocycles. The lowest BCUT2D eigenvalue weighted by atomic mass is 9.92. The van der Waals surface area contributed by atoms with Gasteiger partial charge in [0.05, 0.1) is 6.26 Å². The van der Waals surface area contributed by atoms with Gasteiger partial charge >= 0.3 is 0 Å². The minimum atomic E-state index is 0.0369. The van der Waals surface area contributed by atoms with Gasteiger partial charge in [-0.3, -0.25) is 9.69 Å². The number of likely N-dealkylation sites (tertiary alicyclic amines) is 2. The van der Waals surface area contributed by atoms with Gasteiger partial charge in [-0.1, -0.05) is 0 Å². The van der Waals surface area contributed by atoms with Crippen molar-refractivity contribution in [3.8, 4) is 0 Å². The third kappa shape index (κ3) is 2.59. The van der Waals surface area contributed by atoms with Crippen molar-refractivity contribution in [2.24, 2.45) is 5.92 Å². The summed E-state index contributed by atoms with van der Waals surface area (Å²) in [6, 6.07) is 6.23. The quantitative estimate of drug-likeness (QED) is 0.873. The average molecular weight is 316 g/mol. The van der Waals surface area contributed by atoms with Gasteiger partial charge in [0.25, 0.3) is 5.91 Å².